The highest BCUT2D eigenvalue weighted by Crippen LogP contribution is 2.40. The summed E-state index contributed by atoms with van der Waals surface area (Å²) in [6, 6.07) is 1.20. The lowest BCUT2D eigenvalue weighted by atomic mass is 10.1. The van der Waals surface area contributed by atoms with Crippen LogP contribution in [-0.4, -0.2) is 24.8 Å². The molecule has 2 aromatic heterocycles. The van der Waals surface area contributed by atoms with Gasteiger partial charge in [-0.15, -0.1) is 11.8 Å². The van der Waals surface area contributed by atoms with Crippen LogP contribution in [0.2, 0.25) is 5.15 Å². The van der Waals surface area contributed by atoms with Crippen molar-refractivity contribution in [1.29, 1.82) is 0 Å². The van der Waals surface area contributed by atoms with Crippen LogP contribution in [0.5, 0.6) is 0 Å². The lowest BCUT2D eigenvalue weighted by Crippen LogP contribution is -2.05. The standard InChI is InChI=1S/C14H10ClF3N4S/c1-6(2)23-13-11(10-8(17)3-7(16)4-9(10)18)12(15)21-14-19-5-20-22(13)14/h3-6H,1-2H3. The van der Waals surface area contributed by atoms with Gasteiger partial charge in [-0.25, -0.2) is 13.2 Å². The van der Waals surface area contributed by atoms with Gasteiger partial charge in [0.25, 0.3) is 5.78 Å². The molecular weight excluding hydrogens is 349 g/mol. The van der Waals surface area contributed by atoms with Crippen molar-refractivity contribution in [3.8, 4) is 11.1 Å². The SMILES string of the molecule is CC(C)Sc1c(-c2c(F)cc(F)cc2F)c(Cl)nc2ncnn12. The molecule has 0 saturated heterocycles. The van der Waals surface area contributed by atoms with Crippen LogP contribution in [0.15, 0.2) is 23.5 Å². The Bertz CT molecular complexity index is 874. The molecule has 9 heteroatoms. The molecule has 3 aromatic rings. The summed E-state index contributed by atoms with van der Waals surface area (Å²) < 4.78 is 42.9. The van der Waals surface area contributed by atoms with E-state index in [0.717, 1.165) is 0 Å². The van der Waals surface area contributed by atoms with Gasteiger partial charge in [0.2, 0.25) is 0 Å². The molecule has 4 nitrogen and oxygen atoms in total. The van der Waals surface area contributed by atoms with Crippen molar-refractivity contribution in [2.24, 2.45) is 0 Å². The van der Waals surface area contributed by atoms with Crippen LogP contribution in [0.25, 0.3) is 16.9 Å². The van der Waals surface area contributed by atoms with Crippen molar-refractivity contribution in [1.82, 2.24) is 19.6 Å². The fourth-order valence-electron chi connectivity index (χ4n) is 2.12. The molecule has 0 spiro atoms. The largest absolute Gasteiger partial charge is 0.254 e. The molecule has 120 valence electrons. The molecule has 3 rings (SSSR count). The zero-order valence-electron chi connectivity index (χ0n) is 12.0. The lowest BCUT2D eigenvalue weighted by molar-refractivity contribution is 0.547. The number of halogens is 4. The van der Waals surface area contributed by atoms with E-state index in [9.17, 15) is 13.2 Å². The number of benzene rings is 1. The first-order chi connectivity index (χ1) is 10.9. The molecule has 0 aliphatic heterocycles. The maximum absolute atomic E-state index is 14.2. The molecule has 0 saturated carbocycles. The molecule has 0 aliphatic rings. The zero-order chi connectivity index (χ0) is 16.7. The molecule has 0 N–H and O–H groups in total. The van der Waals surface area contributed by atoms with E-state index in [4.69, 9.17) is 11.6 Å². The molecule has 0 bridgehead atoms. The van der Waals surface area contributed by atoms with Gasteiger partial charge in [-0.1, -0.05) is 25.4 Å². The fraction of sp³-hybridized carbons (Fsp3) is 0.214. The van der Waals surface area contributed by atoms with E-state index in [2.05, 4.69) is 15.1 Å². The summed E-state index contributed by atoms with van der Waals surface area (Å²) in [6.45, 7) is 3.81. The molecule has 0 amide bonds. The molecular formula is C14H10ClF3N4S. The monoisotopic (exact) mass is 358 g/mol. The van der Waals surface area contributed by atoms with Crippen molar-refractivity contribution in [2.45, 2.75) is 24.1 Å². The highest BCUT2D eigenvalue weighted by molar-refractivity contribution is 8.00. The summed E-state index contributed by atoms with van der Waals surface area (Å²) in [7, 11) is 0. The Morgan fingerprint density at radius 3 is 2.39 bits per heavy atom. The Kier molecular flexibility index (Phi) is 4.20. The van der Waals surface area contributed by atoms with Crippen molar-refractivity contribution in [2.75, 3.05) is 0 Å². The number of aromatic nitrogens is 4. The van der Waals surface area contributed by atoms with Crippen LogP contribution in [-0.2, 0) is 0 Å². The molecule has 0 fully saturated rings. The fourth-order valence-corrected chi connectivity index (χ4v) is 3.42. The summed E-state index contributed by atoms with van der Waals surface area (Å²) in [4.78, 5) is 7.94. The molecule has 0 radical (unpaired) electrons. The average molecular weight is 359 g/mol. The van der Waals surface area contributed by atoms with E-state index in [0.29, 0.717) is 17.2 Å². The van der Waals surface area contributed by atoms with Crippen LogP contribution in [0, 0.1) is 17.5 Å². The second-order valence-electron chi connectivity index (χ2n) is 4.97. The molecule has 2 heterocycles. The molecule has 23 heavy (non-hydrogen) atoms. The number of rotatable bonds is 3. The summed E-state index contributed by atoms with van der Waals surface area (Å²) in [5.74, 6) is -2.91. The first kappa shape index (κ1) is 16.1. The molecule has 0 atom stereocenters. The second kappa shape index (κ2) is 6.01. The highest BCUT2D eigenvalue weighted by atomic mass is 35.5. The zero-order valence-corrected chi connectivity index (χ0v) is 13.6. The Morgan fingerprint density at radius 2 is 1.78 bits per heavy atom. The normalized spacial score (nSPS) is 11.6. The predicted octanol–water partition coefficient (Wildman–Crippen LogP) is 4.36. The molecule has 0 aliphatic carbocycles. The van der Waals surface area contributed by atoms with Crippen LogP contribution < -0.4 is 0 Å². The van der Waals surface area contributed by atoms with Crippen LogP contribution in [0.3, 0.4) is 0 Å². The van der Waals surface area contributed by atoms with E-state index >= 15 is 0 Å². The van der Waals surface area contributed by atoms with Crippen molar-refractivity contribution in [3.63, 3.8) is 0 Å². The number of hydrogen-bond acceptors (Lipinski definition) is 4. The average Bonchev–Trinajstić information content (AvgIpc) is 2.88. The van der Waals surface area contributed by atoms with Crippen molar-refractivity contribution < 1.29 is 13.2 Å². The summed E-state index contributed by atoms with van der Waals surface area (Å²) in [5.41, 5.74) is -0.414. The van der Waals surface area contributed by atoms with Gasteiger partial charge in [0, 0.05) is 17.4 Å². The van der Waals surface area contributed by atoms with Gasteiger partial charge >= 0.3 is 0 Å². The third-order valence-electron chi connectivity index (χ3n) is 2.94. The van der Waals surface area contributed by atoms with Crippen LogP contribution in [0.1, 0.15) is 13.8 Å². The van der Waals surface area contributed by atoms with Gasteiger partial charge in [0.1, 0.15) is 34.0 Å². The minimum absolute atomic E-state index is 0.0263. The topological polar surface area (TPSA) is 43.1 Å². The minimum Gasteiger partial charge on any atom is -0.207 e. The maximum Gasteiger partial charge on any atom is 0.254 e. The molecule has 0 unspecified atom stereocenters. The molecule has 1 aromatic carbocycles. The Morgan fingerprint density at radius 1 is 1.13 bits per heavy atom. The number of nitrogens with zero attached hydrogens (tertiary/aromatic N) is 4. The van der Waals surface area contributed by atoms with Gasteiger partial charge in [-0.05, 0) is 0 Å². The first-order valence-electron chi connectivity index (χ1n) is 6.59. The van der Waals surface area contributed by atoms with E-state index < -0.39 is 23.0 Å². The minimum atomic E-state index is -1.06. The Hall–Kier alpha value is -1.80. The van der Waals surface area contributed by atoms with E-state index in [-0.39, 0.29) is 21.7 Å². The number of hydrogen-bond donors (Lipinski definition) is 0. The smallest absolute Gasteiger partial charge is 0.207 e. The lowest BCUT2D eigenvalue weighted by Gasteiger charge is -2.15. The summed E-state index contributed by atoms with van der Waals surface area (Å²) >= 11 is 7.43. The highest BCUT2D eigenvalue weighted by Gasteiger charge is 2.24. The Balaban J connectivity index is 2.39. The first-order valence-corrected chi connectivity index (χ1v) is 7.85. The summed E-state index contributed by atoms with van der Waals surface area (Å²) in [5, 5.41) is 4.35. The predicted molar refractivity (Wildman–Crippen MR) is 82.1 cm³/mol. The maximum atomic E-state index is 14.2. The third-order valence-corrected chi connectivity index (χ3v) is 4.29. The van der Waals surface area contributed by atoms with Crippen molar-refractivity contribution >= 4 is 29.1 Å². The number of fused-ring (bicyclic) bond motifs is 1. The summed E-state index contributed by atoms with van der Waals surface area (Å²) in [6.07, 6.45) is 1.27. The van der Waals surface area contributed by atoms with Gasteiger partial charge in [0.05, 0.1) is 11.1 Å². The van der Waals surface area contributed by atoms with Crippen LogP contribution in [0.4, 0.5) is 13.2 Å². The second-order valence-corrected chi connectivity index (χ2v) is 6.89. The van der Waals surface area contributed by atoms with Crippen LogP contribution >= 0.6 is 23.4 Å². The van der Waals surface area contributed by atoms with E-state index in [1.807, 2.05) is 13.8 Å². The van der Waals surface area contributed by atoms with Gasteiger partial charge in [-0.2, -0.15) is 19.6 Å². The quantitative estimate of drug-likeness (QED) is 0.515. The van der Waals surface area contributed by atoms with Gasteiger partial charge < -0.3 is 0 Å². The van der Waals surface area contributed by atoms with Crippen molar-refractivity contribution in [3.05, 3.63) is 41.1 Å². The third kappa shape index (κ3) is 2.88. The Labute approximate surface area is 138 Å². The number of thioether (sulfide) groups is 1. The van der Waals surface area contributed by atoms with E-state index in [1.165, 1.54) is 22.6 Å². The van der Waals surface area contributed by atoms with Gasteiger partial charge in [0.15, 0.2) is 0 Å². The van der Waals surface area contributed by atoms with Gasteiger partial charge in [-0.3, -0.25) is 0 Å². The van der Waals surface area contributed by atoms with E-state index in [1.54, 1.807) is 0 Å².